The van der Waals surface area contributed by atoms with Gasteiger partial charge in [-0.05, 0) is 81.7 Å². The molecule has 0 bridgehead atoms. The Morgan fingerprint density at radius 3 is 2.51 bits per heavy atom. The molecule has 5 rings (SSSR count). The van der Waals surface area contributed by atoms with E-state index in [2.05, 4.69) is 11.1 Å². The molecule has 1 aliphatic heterocycles. The van der Waals surface area contributed by atoms with Crippen LogP contribution in [-0.2, 0) is 16.1 Å². The van der Waals surface area contributed by atoms with Crippen molar-refractivity contribution in [2.75, 3.05) is 6.61 Å². The zero-order valence-electron chi connectivity index (χ0n) is 24.7. The molecule has 222 valence electrons. The number of ether oxygens (including phenoxy) is 3. The summed E-state index contributed by atoms with van der Waals surface area (Å²) in [6.45, 7) is 10.2. The minimum absolute atomic E-state index is 0.260. The summed E-state index contributed by atoms with van der Waals surface area (Å²) >= 11 is 7.43. The van der Waals surface area contributed by atoms with Crippen LogP contribution in [0.3, 0.4) is 0 Å². The monoisotopic (exact) mass is 616 g/mol. The first-order valence-corrected chi connectivity index (χ1v) is 15.3. The highest BCUT2D eigenvalue weighted by atomic mass is 35.5. The number of allylic oxidation sites excluding steroid dienone is 1. The number of fused-ring (bicyclic) bond motifs is 1. The number of aromatic nitrogens is 1. The van der Waals surface area contributed by atoms with Crippen molar-refractivity contribution in [1.29, 1.82) is 0 Å². The van der Waals surface area contributed by atoms with Gasteiger partial charge in [-0.1, -0.05) is 71.0 Å². The van der Waals surface area contributed by atoms with E-state index in [1.165, 1.54) is 16.9 Å². The first-order valence-electron chi connectivity index (χ1n) is 14.1. The molecule has 9 heteroatoms. The summed E-state index contributed by atoms with van der Waals surface area (Å²) in [6.07, 6.45) is 1.48. The number of benzene rings is 3. The largest absolute Gasteiger partial charge is 0.490 e. The molecule has 1 aliphatic rings. The summed E-state index contributed by atoms with van der Waals surface area (Å²) < 4.78 is 19.6. The predicted molar refractivity (Wildman–Crippen MR) is 170 cm³/mol. The molecule has 43 heavy (non-hydrogen) atoms. The van der Waals surface area contributed by atoms with Crippen LogP contribution in [-0.4, -0.2) is 23.2 Å². The molecule has 0 radical (unpaired) electrons. The maximum Gasteiger partial charge on any atom is 0.338 e. The van der Waals surface area contributed by atoms with Gasteiger partial charge < -0.3 is 14.2 Å². The van der Waals surface area contributed by atoms with Gasteiger partial charge in [0, 0.05) is 5.02 Å². The van der Waals surface area contributed by atoms with Gasteiger partial charge >= 0.3 is 5.97 Å². The van der Waals surface area contributed by atoms with Crippen LogP contribution in [0.15, 0.2) is 87.8 Å². The molecular formula is C34H33ClN2O5S. The molecule has 1 atom stereocenters. The molecule has 3 aromatic carbocycles. The second-order valence-corrected chi connectivity index (χ2v) is 11.9. The second-order valence-electron chi connectivity index (χ2n) is 10.5. The number of aryl methyl sites for hydroxylation is 1. The maximum absolute atomic E-state index is 14.0. The summed E-state index contributed by atoms with van der Waals surface area (Å²) in [7, 11) is 0. The summed E-state index contributed by atoms with van der Waals surface area (Å²) in [5.41, 5.74) is 4.31. The molecule has 0 aliphatic carbocycles. The first-order chi connectivity index (χ1) is 20.6. The minimum Gasteiger partial charge on any atom is -0.490 e. The Bertz CT molecular complexity index is 1870. The van der Waals surface area contributed by atoms with Crippen molar-refractivity contribution in [2.45, 2.75) is 53.4 Å². The van der Waals surface area contributed by atoms with Crippen molar-refractivity contribution >= 4 is 35.0 Å². The Morgan fingerprint density at radius 2 is 1.81 bits per heavy atom. The number of nitrogens with zero attached hydrogens (tertiary/aromatic N) is 2. The zero-order valence-corrected chi connectivity index (χ0v) is 26.3. The highest BCUT2D eigenvalue weighted by molar-refractivity contribution is 7.07. The number of esters is 1. The molecule has 4 aromatic rings. The quantitative estimate of drug-likeness (QED) is 0.212. The van der Waals surface area contributed by atoms with Crippen LogP contribution >= 0.6 is 22.9 Å². The lowest BCUT2D eigenvalue weighted by Crippen LogP contribution is -2.40. The zero-order chi connectivity index (χ0) is 30.7. The Labute approximate surface area is 259 Å². The topological polar surface area (TPSA) is 79.1 Å². The summed E-state index contributed by atoms with van der Waals surface area (Å²) in [6, 6.07) is 20.2. The van der Waals surface area contributed by atoms with Crippen LogP contribution in [0.5, 0.6) is 11.5 Å². The predicted octanol–water partition coefficient (Wildman–Crippen LogP) is 6.13. The van der Waals surface area contributed by atoms with Crippen LogP contribution < -0.4 is 24.4 Å². The van der Waals surface area contributed by atoms with E-state index in [9.17, 15) is 9.59 Å². The van der Waals surface area contributed by atoms with Crippen molar-refractivity contribution in [2.24, 2.45) is 4.99 Å². The molecule has 0 saturated heterocycles. The van der Waals surface area contributed by atoms with Crippen LogP contribution in [0.1, 0.15) is 56.0 Å². The molecule has 0 N–H and O–H groups in total. The van der Waals surface area contributed by atoms with Gasteiger partial charge in [-0.3, -0.25) is 9.36 Å². The first kappa shape index (κ1) is 30.3. The Hall–Kier alpha value is -4.14. The Balaban J connectivity index is 1.55. The summed E-state index contributed by atoms with van der Waals surface area (Å²) in [4.78, 5) is 32.4. The van der Waals surface area contributed by atoms with Gasteiger partial charge in [0.25, 0.3) is 5.56 Å². The number of carbonyl (C=O) groups excluding carboxylic acids is 1. The molecule has 0 saturated carbocycles. The maximum atomic E-state index is 14.0. The van der Waals surface area contributed by atoms with E-state index >= 15 is 0 Å². The lowest BCUT2D eigenvalue weighted by molar-refractivity contribution is -0.143. The van der Waals surface area contributed by atoms with E-state index < -0.39 is 12.0 Å². The van der Waals surface area contributed by atoms with E-state index in [-0.39, 0.29) is 11.7 Å². The van der Waals surface area contributed by atoms with Crippen LogP contribution in [0.25, 0.3) is 6.08 Å². The minimum atomic E-state index is -0.710. The van der Waals surface area contributed by atoms with Crippen molar-refractivity contribution in [1.82, 2.24) is 4.57 Å². The molecule has 0 spiro atoms. The van der Waals surface area contributed by atoms with E-state index in [0.717, 1.165) is 16.7 Å². The van der Waals surface area contributed by atoms with Gasteiger partial charge in [-0.2, -0.15) is 0 Å². The number of rotatable bonds is 9. The SMILES string of the molecule is CCOc1cc(C=c2sc3n(c2=O)C(c2ccc(Cl)cc2)C(C(=O)OC(C)C)=C(C)N=3)ccc1OCc1cccc(C)c1. The highest BCUT2D eigenvalue weighted by Gasteiger charge is 2.33. The van der Waals surface area contributed by atoms with Gasteiger partial charge in [0.1, 0.15) is 6.61 Å². The number of hydrogen-bond donors (Lipinski definition) is 0. The van der Waals surface area contributed by atoms with Crippen LogP contribution in [0.2, 0.25) is 5.02 Å². The molecule has 7 nitrogen and oxygen atoms in total. The lowest BCUT2D eigenvalue weighted by atomic mass is 9.96. The fourth-order valence-corrected chi connectivity index (χ4v) is 6.11. The number of halogens is 1. The number of thiazole rings is 1. The molecular weight excluding hydrogens is 584 g/mol. The van der Waals surface area contributed by atoms with Gasteiger partial charge in [0.05, 0.1) is 34.6 Å². The molecule has 2 heterocycles. The van der Waals surface area contributed by atoms with Crippen molar-refractivity contribution in [3.63, 3.8) is 0 Å². The fraction of sp³-hybridized carbons (Fsp3) is 0.265. The Morgan fingerprint density at radius 1 is 1.05 bits per heavy atom. The normalized spacial score (nSPS) is 14.9. The highest BCUT2D eigenvalue weighted by Crippen LogP contribution is 2.32. The van der Waals surface area contributed by atoms with Gasteiger partial charge in [-0.15, -0.1) is 0 Å². The molecule has 1 aromatic heterocycles. The van der Waals surface area contributed by atoms with E-state index in [0.29, 0.717) is 50.3 Å². The Kier molecular flexibility index (Phi) is 9.18. The molecule has 0 amide bonds. The van der Waals surface area contributed by atoms with Crippen molar-refractivity contribution < 1.29 is 19.0 Å². The van der Waals surface area contributed by atoms with Crippen LogP contribution in [0.4, 0.5) is 0 Å². The average Bonchev–Trinajstić information content (AvgIpc) is 3.26. The van der Waals surface area contributed by atoms with Crippen molar-refractivity contribution in [3.8, 4) is 11.5 Å². The number of carbonyl (C=O) groups is 1. The standard InChI is InChI=1S/C34H33ClN2O5S/c1-6-40-28-17-23(10-15-27(28)41-19-24-9-7-8-21(4)16-24)18-29-32(38)37-31(25-11-13-26(35)14-12-25)30(33(39)42-20(2)3)22(5)36-34(37)43-29/h7-18,20,31H,6,19H2,1-5H3. The smallest absolute Gasteiger partial charge is 0.338 e. The summed E-state index contributed by atoms with van der Waals surface area (Å²) in [5.74, 6) is 0.701. The average molecular weight is 617 g/mol. The van der Waals surface area contributed by atoms with Gasteiger partial charge in [0.2, 0.25) is 0 Å². The molecule has 1 unspecified atom stereocenters. The fourth-order valence-electron chi connectivity index (χ4n) is 4.94. The third-order valence-corrected chi connectivity index (χ3v) is 8.05. The van der Waals surface area contributed by atoms with Gasteiger partial charge in [0.15, 0.2) is 16.3 Å². The van der Waals surface area contributed by atoms with E-state index in [1.807, 2.05) is 62.4 Å². The molecule has 0 fully saturated rings. The summed E-state index contributed by atoms with van der Waals surface area (Å²) in [5, 5.41) is 0.555. The number of hydrogen-bond acceptors (Lipinski definition) is 7. The third kappa shape index (κ3) is 6.76. The van der Waals surface area contributed by atoms with E-state index in [4.69, 9.17) is 25.8 Å². The van der Waals surface area contributed by atoms with E-state index in [1.54, 1.807) is 43.5 Å². The lowest BCUT2D eigenvalue weighted by Gasteiger charge is -2.25. The van der Waals surface area contributed by atoms with Gasteiger partial charge in [-0.25, -0.2) is 9.79 Å². The van der Waals surface area contributed by atoms with Crippen LogP contribution in [0, 0.1) is 6.92 Å². The third-order valence-electron chi connectivity index (χ3n) is 6.81. The second kappa shape index (κ2) is 13.0. The van der Waals surface area contributed by atoms with Crippen molar-refractivity contribution in [3.05, 3.63) is 125 Å².